The number of nitrogens with zero attached hydrogens (tertiary/aromatic N) is 4. The smallest absolute Gasteiger partial charge is 0.332 e. The third-order valence-electron chi connectivity index (χ3n) is 5.62. The van der Waals surface area contributed by atoms with Crippen molar-refractivity contribution in [2.24, 2.45) is 13.0 Å². The molecule has 0 fully saturated rings. The van der Waals surface area contributed by atoms with Crippen LogP contribution in [-0.2, 0) is 20.1 Å². The zero-order valence-corrected chi connectivity index (χ0v) is 19.5. The molecule has 2 aromatic heterocycles. The Morgan fingerprint density at radius 1 is 1.06 bits per heavy atom. The van der Waals surface area contributed by atoms with Crippen LogP contribution in [0.3, 0.4) is 0 Å². The summed E-state index contributed by atoms with van der Waals surface area (Å²) in [6, 6.07) is 7.82. The lowest BCUT2D eigenvalue weighted by atomic mass is 10.0. The molecule has 2 heterocycles. The number of ether oxygens (including phenoxy) is 1. The summed E-state index contributed by atoms with van der Waals surface area (Å²) in [7, 11) is 1.64. The number of aromatic nitrogens is 4. The maximum atomic E-state index is 13.3. The molecular formula is C23H31ClN4O3. The van der Waals surface area contributed by atoms with Gasteiger partial charge in [0.15, 0.2) is 11.2 Å². The number of imidazole rings is 1. The van der Waals surface area contributed by atoms with Crippen molar-refractivity contribution in [3.05, 3.63) is 55.7 Å². The molecule has 1 unspecified atom stereocenters. The Morgan fingerprint density at radius 2 is 1.77 bits per heavy atom. The number of hydrogen-bond donors (Lipinski definition) is 0. The molecule has 0 saturated heterocycles. The fraction of sp³-hybridized carbons (Fsp3) is 0.522. The van der Waals surface area contributed by atoms with E-state index in [4.69, 9.17) is 16.3 Å². The second-order valence-corrected chi connectivity index (χ2v) is 8.39. The molecule has 31 heavy (non-hydrogen) atoms. The van der Waals surface area contributed by atoms with Crippen LogP contribution in [0.4, 0.5) is 0 Å². The molecule has 0 radical (unpaired) electrons. The lowest BCUT2D eigenvalue weighted by Crippen LogP contribution is -2.39. The highest BCUT2D eigenvalue weighted by Crippen LogP contribution is 2.22. The van der Waals surface area contributed by atoms with Gasteiger partial charge in [-0.3, -0.25) is 18.5 Å². The summed E-state index contributed by atoms with van der Waals surface area (Å²) in [5.74, 6) is 0.411. The Hall–Kier alpha value is -2.54. The molecule has 1 aromatic carbocycles. The number of halogens is 1. The maximum Gasteiger partial charge on any atom is 0.332 e. The summed E-state index contributed by atoms with van der Waals surface area (Å²) in [6.07, 6.45) is 3.84. The molecule has 0 amide bonds. The molecule has 3 rings (SSSR count). The zero-order valence-electron chi connectivity index (χ0n) is 18.7. The van der Waals surface area contributed by atoms with E-state index in [1.54, 1.807) is 11.6 Å². The number of rotatable bonds is 10. The van der Waals surface area contributed by atoms with Gasteiger partial charge in [0.25, 0.3) is 11.6 Å². The molecule has 0 aliphatic carbocycles. The molecule has 1 atom stereocenters. The van der Waals surface area contributed by atoms with Crippen LogP contribution in [0.5, 0.6) is 6.01 Å². The first-order valence-electron chi connectivity index (χ1n) is 11.0. The molecule has 0 aliphatic heterocycles. The maximum absolute atomic E-state index is 13.3. The van der Waals surface area contributed by atoms with Gasteiger partial charge in [-0.2, -0.15) is 4.98 Å². The van der Waals surface area contributed by atoms with Gasteiger partial charge in [0.1, 0.15) is 0 Å². The van der Waals surface area contributed by atoms with Gasteiger partial charge < -0.3 is 4.74 Å². The van der Waals surface area contributed by atoms with Crippen LogP contribution in [0.25, 0.3) is 11.2 Å². The van der Waals surface area contributed by atoms with E-state index in [0.29, 0.717) is 54.2 Å². The average Bonchev–Trinajstić information content (AvgIpc) is 3.12. The second-order valence-electron chi connectivity index (χ2n) is 7.95. The van der Waals surface area contributed by atoms with Crippen molar-refractivity contribution in [3.8, 4) is 6.01 Å². The van der Waals surface area contributed by atoms with Gasteiger partial charge in [-0.15, -0.1) is 0 Å². The van der Waals surface area contributed by atoms with Gasteiger partial charge in [0.05, 0.1) is 13.2 Å². The van der Waals surface area contributed by atoms with Crippen LogP contribution >= 0.6 is 11.6 Å². The lowest BCUT2D eigenvalue weighted by Gasteiger charge is -2.15. The fourth-order valence-corrected chi connectivity index (χ4v) is 3.93. The van der Waals surface area contributed by atoms with Crippen molar-refractivity contribution >= 4 is 22.8 Å². The average molecular weight is 447 g/mol. The van der Waals surface area contributed by atoms with Gasteiger partial charge in [-0.05, 0) is 36.5 Å². The molecular weight excluding hydrogens is 416 g/mol. The molecule has 0 bridgehead atoms. The number of fused-ring (bicyclic) bond motifs is 1. The molecule has 7 nitrogen and oxygen atoms in total. The summed E-state index contributed by atoms with van der Waals surface area (Å²) in [6.45, 7) is 7.52. The van der Waals surface area contributed by atoms with Crippen LogP contribution < -0.4 is 16.0 Å². The van der Waals surface area contributed by atoms with Gasteiger partial charge in [0, 0.05) is 18.6 Å². The van der Waals surface area contributed by atoms with Crippen molar-refractivity contribution in [1.29, 1.82) is 0 Å². The quantitative estimate of drug-likeness (QED) is 0.467. The topological polar surface area (TPSA) is 71.1 Å². The van der Waals surface area contributed by atoms with E-state index < -0.39 is 0 Å². The van der Waals surface area contributed by atoms with Crippen molar-refractivity contribution in [3.63, 3.8) is 0 Å². The number of hydrogen-bond acceptors (Lipinski definition) is 4. The van der Waals surface area contributed by atoms with Crippen LogP contribution in [-0.4, -0.2) is 25.3 Å². The van der Waals surface area contributed by atoms with Gasteiger partial charge >= 0.3 is 5.69 Å². The third-order valence-corrected chi connectivity index (χ3v) is 5.87. The Bertz CT molecular complexity index is 1140. The zero-order chi connectivity index (χ0) is 22.5. The van der Waals surface area contributed by atoms with Gasteiger partial charge in [-0.1, -0.05) is 57.3 Å². The highest BCUT2D eigenvalue weighted by Gasteiger charge is 2.22. The van der Waals surface area contributed by atoms with E-state index >= 15 is 0 Å². The molecule has 0 aliphatic rings. The van der Waals surface area contributed by atoms with Crippen molar-refractivity contribution in [1.82, 2.24) is 18.7 Å². The first-order valence-corrected chi connectivity index (χ1v) is 11.4. The highest BCUT2D eigenvalue weighted by molar-refractivity contribution is 6.30. The molecule has 0 spiro atoms. The van der Waals surface area contributed by atoms with Crippen LogP contribution in [0.1, 0.15) is 52.0 Å². The second kappa shape index (κ2) is 10.2. The Labute approximate surface area is 187 Å². The minimum absolute atomic E-state index is 0.336. The van der Waals surface area contributed by atoms with Gasteiger partial charge in [0.2, 0.25) is 0 Å². The summed E-state index contributed by atoms with van der Waals surface area (Å²) >= 11 is 6.03. The van der Waals surface area contributed by atoms with Crippen LogP contribution in [0, 0.1) is 5.92 Å². The predicted octanol–water partition coefficient (Wildman–Crippen LogP) is 4.21. The molecule has 0 saturated carbocycles. The Morgan fingerprint density at radius 3 is 2.39 bits per heavy atom. The first-order chi connectivity index (χ1) is 14.9. The number of benzene rings is 1. The standard InChI is InChI=1S/C23H31ClN4O3/c1-5-8-16(7-3)15-31-22-25-20-19(21(29)27(13-6-2)23(30)26(20)4)28(22)14-17-9-11-18(24)12-10-17/h9-12,16H,5-8,13-15H2,1-4H3. The molecule has 168 valence electrons. The number of aryl methyl sites for hydroxylation is 1. The van der Waals surface area contributed by atoms with Crippen molar-refractivity contribution in [2.75, 3.05) is 6.61 Å². The fourth-order valence-electron chi connectivity index (χ4n) is 3.81. The van der Waals surface area contributed by atoms with E-state index in [1.807, 2.05) is 31.2 Å². The largest absolute Gasteiger partial charge is 0.464 e. The highest BCUT2D eigenvalue weighted by atomic mass is 35.5. The van der Waals surface area contributed by atoms with Crippen molar-refractivity contribution in [2.45, 2.75) is 59.5 Å². The Balaban J connectivity index is 2.15. The normalized spacial score (nSPS) is 12.4. The minimum Gasteiger partial charge on any atom is -0.464 e. The van der Waals surface area contributed by atoms with Crippen molar-refractivity contribution < 1.29 is 4.74 Å². The molecule has 8 heteroatoms. The monoisotopic (exact) mass is 446 g/mol. The summed E-state index contributed by atoms with van der Waals surface area (Å²) < 4.78 is 10.6. The van der Waals surface area contributed by atoms with Gasteiger partial charge in [-0.25, -0.2) is 4.79 Å². The van der Waals surface area contributed by atoms with E-state index in [9.17, 15) is 9.59 Å². The SMILES string of the molecule is CCCC(CC)COc1nc2c(c(=O)n(CCC)c(=O)n2C)n1Cc1ccc(Cl)cc1. The molecule has 3 aromatic rings. The van der Waals surface area contributed by atoms with E-state index in [2.05, 4.69) is 18.8 Å². The first kappa shape index (κ1) is 23.1. The van der Waals surface area contributed by atoms with Crippen LogP contribution in [0.2, 0.25) is 5.02 Å². The lowest BCUT2D eigenvalue weighted by molar-refractivity contribution is 0.213. The predicted molar refractivity (Wildman–Crippen MR) is 124 cm³/mol. The van der Waals surface area contributed by atoms with E-state index in [1.165, 1.54) is 9.13 Å². The molecule has 0 N–H and O–H groups in total. The van der Waals surface area contributed by atoms with E-state index in [-0.39, 0.29) is 11.2 Å². The van der Waals surface area contributed by atoms with E-state index in [0.717, 1.165) is 24.8 Å². The Kier molecular flexibility index (Phi) is 7.59. The minimum atomic E-state index is -0.362. The van der Waals surface area contributed by atoms with Crippen LogP contribution in [0.15, 0.2) is 33.9 Å². The third kappa shape index (κ3) is 4.87. The summed E-state index contributed by atoms with van der Waals surface area (Å²) in [4.78, 5) is 30.6. The summed E-state index contributed by atoms with van der Waals surface area (Å²) in [5, 5.41) is 0.647. The summed E-state index contributed by atoms with van der Waals surface area (Å²) in [5.41, 5.74) is 0.986.